The van der Waals surface area contributed by atoms with Crippen molar-refractivity contribution in [1.82, 2.24) is 9.78 Å². The number of nitrogens with zero attached hydrogens (tertiary/aromatic N) is 2. The monoisotopic (exact) mass is 287 g/mol. The Hall–Kier alpha value is -1.26. The molecule has 2 atom stereocenters. The first-order chi connectivity index (χ1) is 9.58. The average molecular weight is 287 g/mol. The number of hydrogen-bond acceptors (Lipinski definition) is 3. The standard InChI is InChI=1S/C16H21N3S/c1-10(17)16-11(2)18-19(12(16)3)8-13-9-20-15-7-5-4-6-14(13)15/h4-7,10,13H,8-9,17H2,1-3H3. The van der Waals surface area contributed by atoms with E-state index < -0.39 is 0 Å². The molecule has 20 heavy (non-hydrogen) atoms. The SMILES string of the molecule is Cc1nn(CC2CSc3ccccc32)c(C)c1C(C)N. The molecule has 2 aromatic rings. The minimum absolute atomic E-state index is 0.0500. The van der Waals surface area contributed by atoms with Crippen molar-refractivity contribution < 1.29 is 0 Å². The van der Waals surface area contributed by atoms with Gasteiger partial charge in [-0.1, -0.05) is 18.2 Å². The van der Waals surface area contributed by atoms with Gasteiger partial charge in [-0.25, -0.2) is 0 Å². The minimum Gasteiger partial charge on any atom is -0.324 e. The van der Waals surface area contributed by atoms with Crippen LogP contribution in [-0.4, -0.2) is 15.5 Å². The molecule has 3 nitrogen and oxygen atoms in total. The molecule has 0 bridgehead atoms. The maximum atomic E-state index is 6.06. The lowest BCUT2D eigenvalue weighted by Gasteiger charge is -2.13. The average Bonchev–Trinajstić information content (AvgIpc) is 2.93. The molecule has 0 saturated heterocycles. The van der Waals surface area contributed by atoms with Gasteiger partial charge in [-0.15, -0.1) is 11.8 Å². The summed E-state index contributed by atoms with van der Waals surface area (Å²) >= 11 is 1.95. The molecule has 0 fully saturated rings. The Labute approximate surface area is 124 Å². The fourth-order valence-electron chi connectivity index (χ4n) is 3.14. The highest BCUT2D eigenvalue weighted by Crippen LogP contribution is 2.40. The molecule has 1 aliphatic heterocycles. The predicted molar refractivity (Wildman–Crippen MR) is 84.2 cm³/mol. The van der Waals surface area contributed by atoms with E-state index in [1.165, 1.54) is 21.7 Å². The Kier molecular flexibility index (Phi) is 3.61. The first-order valence-corrected chi connectivity index (χ1v) is 8.07. The van der Waals surface area contributed by atoms with Crippen LogP contribution in [0.5, 0.6) is 0 Å². The quantitative estimate of drug-likeness (QED) is 0.941. The van der Waals surface area contributed by atoms with Crippen LogP contribution >= 0.6 is 11.8 Å². The van der Waals surface area contributed by atoms with Crippen molar-refractivity contribution in [3.8, 4) is 0 Å². The van der Waals surface area contributed by atoms with Gasteiger partial charge in [0.15, 0.2) is 0 Å². The number of rotatable bonds is 3. The van der Waals surface area contributed by atoms with Crippen molar-refractivity contribution in [2.45, 2.75) is 44.2 Å². The van der Waals surface area contributed by atoms with Crippen molar-refractivity contribution in [2.75, 3.05) is 5.75 Å². The van der Waals surface area contributed by atoms with Gasteiger partial charge in [-0.05, 0) is 32.4 Å². The number of hydrogen-bond donors (Lipinski definition) is 1. The van der Waals surface area contributed by atoms with Gasteiger partial charge in [0.1, 0.15) is 0 Å². The van der Waals surface area contributed by atoms with E-state index >= 15 is 0 Å². The van der Waals surface area contributed by atoms with E-state index in [4.69, 9.17) is 10.8 Å². The number of aromatic nitrogens is 2. The molecule has 0 radical (unpaired) electrons. The van der Waals surface area contributed by atoms with Gasteiger partial charge in [0.05, 0.1) is 5.69 Å². The maximum Gasteiger partial charge on any atom is 0.0644 e. The van der Waals surface area contributed by atoms with Crippen molar-refractivity contribution in [3.05, 3.63) is 46.8 Å². The van der Waals surface area contributed by atoms with E-state index in [9.17, 15) is 0 Å². The molecule has 0 saturated carbocycles. The lowest BCUT2D eigenvalue weighted by atomic mass is 10.0. The summed E-state index contributed by atoms with van der Waals surface area (Å²) in [4.78, 5) is 1.42. The highest BCUT2D eigenvalue weighted by Gasteiger charge is 2.25. The molecule has 2 unspecified atom stereocenters. The highest BCUT2D eigenvalue weighted by molar-refractivity contribution is 7.99. The van der Waals surface area contributed by atoms with Crippen LogP contribution in [-0.2, 0) is 6.54 Å². The second-order valence-corrected chi connectivity index (χ2v) is 6.66. The summed E-state index contributed by atoms with van der Waals surface area (Å²) in [6.45, 7) is 7.16. The predicted octanol–water partition coefficient (Wildman–Crippen LogP) is 3.41. The summed E-state index contributed by atoms with van der Waals surface area (Å²) in [5.74, 6) is 1.70. The number of aryl methyl sites for hydroxylation is 1. The number of benzene rings is 1. The zero-order chi connectivity index (χ0) is 14.3. The van der Waals surface area contributed by atoms with E-state index in [0.717, 1.165) is 18.0 Å². The fraction of sp³-hybridized carbons (Fsp3) is 0.438. The third kappa shape index (κ3) is 2.27. The van der Waals surface area contributed by atoms with Crippen LogP contribution < -0.4 is 5.73 Å². The van der Waals surface area contributed by atoms with E-state index in [-0.39, 0.29) is 6.04 Å². The Morgan fingerprint density at radius 1 is 1.40 bits per heavy atom. The first kappa shape index (κ1) is 13.7. The van der Waals surface area contributed by atoms with Gasteiger partial charge in [0.25, 0.3) is 0 Å². The van der Waals surface area contributed by atoms with E-state index in [1.807, 2.05) is 18.7 Å². The second kappa shape index (κ2) is 5.26. The van der Waals surface area contributed by atoms with Crippen LogP contribution in [0.3, 0.4) is 0 Å². The minimum atomic E-state index is 0.0500. The van der Waals surface area contributed by atoms with E-state index in [1.54, 1.807) is 0 Å². The Morgan fingerprint density at radius 2 is 2.15 bits per heavy atom. The van der Waals surface area contributed by atoms with Crippen LogP contribution in [0.2, 0.25) is 0 Å². The van der Waals surface area contributed by atoms with Crippen LogP contribution in [0, 0.1) is 13.8 Å². The third-order valence-electron chi connectivity index (χ3n) is 4.08. The van der Waals surface area contributed by atoms with Gasteiger partial charge >= 0.3 is 0 Å². The number of nitrogens with two attached hydrogens (primary N) is 1. The highest BCUT2D eigenvalue weighted by atomic mass is 32.2. The molecule has 2 heterocycles. The molecule has 2 N–H and O–H groups in total. The molecule has 1 aromatic carbocycles. The van der Waals surface area contributed by atoms with Gasteiger partial charge in [-0.2, -0.15) is 5.10 Å². The molecule has 1 aliphatic rings. The van der Waals surface area contributed by atoms with Gasteiger partial charge < -0.3 is 5.73 Å². The number of fused-ring (bicyclic) bond motifs is 1. The molecule has 1 aromatic heterocycles. The zero-order valence-corrected chi connectivity index (χ0v) is 13.1. The summed E-state index contributed by atoms with van der Waals surface area (Å²) in [6.07, 6.45) is 0. The van der Waals surface area contributed by atoms with Crippen LogP contribution in [0.4, 0.5) is 0 Å². The van der Waals surface area contributed by atoms with Crippen molar-refractivity contribution in [3.63, 3.8) is 0 Å². The molecule has 4 heteroatoms. The summed E-state index contributed by atoms with van der Waals surface area (Å²) in [7, 11) is 0. The summed E-state index contributed by atoms with van der Waals surface area (Å²) < 4.78 is 2.14. The zero-order valence-electron chi connectivity index (χ0n) is 12.3. The molecular weight excluding hydrogens is 266 g/mol. The maximum absolute atomic E-state index is 6.06. The van der Waals surface area contributed by atoms with Crippen molar-refractivity contribution in [1.29, 1.82) is 0 Å². The normalized spacial score (nSPS) is 19.1. The summed E-state index contributed by atoms with van der Waals surface area (Å²) in [5, 5.41) is 4.70. The fourth-order valence-corrected chi connectivity index (χ4v) is 4.38. The lowest BCUT2D eigenvalue weighted by molar-refractivity contribution is 0.533. The topological polar surface area (TPSA) is 43.8 Å². The molecule has 0 spiro atoms. The van der Waals surface area contributed by atoms with Gasteiger partial charge in [0.2, 0.25) is 0 Å². The van der Waals surface area contributed by atoms with Crippen molar-refractivity contribution >= 4 is 11.8 Å². The summed E-state index contributed by atoms with van der Waals surface area (Å²) in [6, 6.07) is 8.76. The molecule has 0 aliphatic carbocycles. The van der Waals surface area contributed by atoms with Crippen LogP contribution in [0.25, 0.3) is 0 Å². The number of thioether (sulfide) groups is 1. The molecule has 0 amide bonds. The van der Waals surface area contributed by atoms with Gasteiger partial charge in [0, 0.05) is 40.4 Å². The van der Waals surface area contributed by atoms with Crippen LogP contribution in [0.15, 0.2) is 29.2 Å². The third-order valence-corrected chi connectivity index (χ3v) is 5.34. The van der Waals surface area contributed by atoms with E-state index in [2.05, 4.69) is 42.8 Å². The molecule has 3 rings (SSSR count). The van der Waals surface area contributed by atoms with Crippen LogP contribution in [0.1, 0.15) is 41.4 Å². The Morgan fingerprint density at radius 3 is 2.85 bits per heavy atom. The summed E-state index contributed by atoms with van der Waals surface area (Å²) in [5.41, 5.74) is 11.0. The molecular formula is C16H21N3S. The Balaban J connectivity index is 1.88. The van der Waals surface area contributed by atoms with Crippen molar-refractivity contribution in [2.24, 2.45) is 5.73 Å². The van der Waals surface area contributed by atoms with E-state index in [0.29, 0.717) is 5.92 Å². The first-order valence-electron chi connectivity index (χ1n) is 7.09. The van der Waals surface area contributed by atoms with Gasteiger partial charge in [-0.3, -0.25) is 4.68 Å². The molecule has 106 valence electrons. The second-order valence-electron chi connectivity index (χ2n) is 5.60. The smallest absolute Gasteiger partial charge is 0.0644 e. The lowest BCUT2D eigenvalue weighted by Crippen LogP contribution is -2.13. The Bertz CT molecular complexity index is 631. The largest absolute Gasteiger partial charge is 0.324 e.